The van der Waals surface area contributed by atoms with Crippen LogP contribution in [0.5, 0.6) is 0 Å². The van der Waals surface area contributed by atoms with E-state index in [-0.39, 0.29) is 11.8 Å². The average Bonchev–Trinajstić information content (AvgIpc) is 2.81. The Labute approximate surface area is 110 Å². The summed E-state index contributed by atoms with van der Waals surface area (Å²) < 4.78 is 5.45. The second kappa shape index (κ2) is 5.79. The zero-order valence-electron chi connectivity index (χ0n) is 10.7. The summed E-state index contributed by atoms with van der Waals surface area (Å²) in [5, 5.41) is 14.1. The fraction of sp³-hybridized carbons (Fsp3) is 0.462. The molecule has 1 fully saturated rings. The molecule has 1 aromatic carbocycles. The molecule has 0 bridgehead atoms. The van der Waals surface area contributed by atoms with Crippen LogP contribution >= 0.6 is 0 Å². The first kappa shape index (κ1) is 13.5. The number of aldehydes is 1. The monoisotopic (exact) mass is 264 g/mol. The zero-order chi connectivity index (χ0) is 13.8. The van der Waals surface area contributed by atoms with Gasteiger partial charge in [-0.1, -0.05) is 0 Å². The molecular weight excluding hydrogens is 248 g/mol. The fourth-order valence-electron chi connectivity index (χ4n) is 2.21. The molecule has 0 radical (unpaired) electrons. The van der Waals surface area contributed by atoms with Gasteiger partial charge in [-0.15, -0.1) is 0 Å². The van der Waals surface area contributed by atoms with Crippen molar-refractivity contribution in [3.8, 4) is 0 Å². The Balaban J connectivity index is 2.10. The maximum Gasteiger partial charge on any atom is 0.293 e. The van der Waals surface area contributed by atoms with Crippen LogP contribution in [0.4, 0.5) is 11.4 Å². The highest BCUT2D eigenvalue weighted by atomic mass is 16.6. The van der Waals surface area contributed by atoms with E-state index in [0.717, 1.165) is 13.0 Å². The molecular formula is C13H16N2O4. The number of carbonyl (C=O) groups excluding carboxylic acids is 1. The van der Waals surface area contributed by atoms with Crippen molar-refractivity contribution in [2.45, 2.75) is 19.4 Å². The molecule has 1 N–H and O–H groups in total. The third kappa shape index (κ3) is 3.08. The minimum atomic E-state index is -0.482. The van der Waals surface area contributed by atoms with E-state index in [0.29, 0.717) is 30.0 Å². The maximum atomic E-state index is 11.0. The minimum Gasteiger partial charge on any atom is -0.379 e. The molecule has 2 atom stereocenters. The highest BCUT2D eigenvalue weighted by molar-refractivity contribution is 5.79. The van der Waals surface area contributed by atoms with E-state index in [4.69, 9.17) is 4.74 Å². The van der Waals surface area contributed by atoms with E-state index in [9.17, 15) is 14.9 Å². The molecule has 1 aliphatic heterocycles. The lowest BCUT2D eigenvalue weighted by Gasteiger charge is -2.15. The van der Waals surface area contributed by atoms with Crippen LogP contribution < -0.4 is 5.32 Å². The third-order valence-electron chi connectivity index (χ3n) is 3.44. The van der Waals surface area contributed by atoms with Gasteiger partial charge in [-0.05, 0) is 25.5 Å². The van der Waals surface area contributed by atoms with Gasteiger partial charge in [0.1, 0.15) is 12.0 Å². The normalized spacial score (nSPS) is 22.2. The standard InChI is InChI=1S/C13H16N2O4/c1-9-11(4-5-19-9)7-14-12-3-2-10(8-16)6-13(12)15(17)18/h2-3,6,8-9,11,14H,4-5,7H2,1H3. The average molecular weight is 264 g/mol. The van der Waals surface area contributed by atoms with E-state index in [1.165, 1.54) is 6.07 Å². The topological polar surface area (TPSA) is 81.5 Å². The van der Waals surface area contributed by atoms with Gasteiger partial charge in [-0.25, -0.2) is 0 Å². The SMILES string of the molecule is CC1OCCC1CNc1ccc(C=O)cc1[N+](=O)[O-]. The summed E-state index contributed by atoms with van der Waals surface area (Å²) in [5.41, 5.74) is 0.667. The van der Waals surface area contributed by atoms with E-state index < -0.39 is 4.92 Å². The summed E-state index contributed by atoms with van der Waals surface area (Å²) in [4.78, 5) is 21.1. The second-order valence-corrected chi connectivity index (χ2v) is 4.66. The van der Waals surface area contributed by atoms with E-state index >= 15 is 0 Å². The third-order valence-corrected chi connectivity index (χ3v) is 3.44. The van der Waals surface area contributed by atoms with Crippen molar-refractivity contribution in [2.24, 2.45) is 5.92 Å². The molecule has 0 saturated carbocycles. The van der Waals surface area contributed by atoms with Crippen LogP contribution in [-0.2, 0) is 4.74 Å². The summed E-state index contributed by atoms with van der Waals surface area (Å²) in [5.74, 6) is 0.352. The predicted molar refractivity (Wildman–Crippen MR) is 70.5 cm³/mol. The quantitative estimate of drug-likeness (QED) is 0.501. The zero-order valence-corrected chi connectivity index (χ0v) is 10.7. The Morgan fingerprint density at radius 1 is 1.58 bits per heavy atom. The van der Waals surface area contributed by atoms with Gasteiger partial charge < -0.3 is 10.1 Å². The first-order valence-corrected chi connectivity index (χ1v) is 6.21. The van der Waals surface area contributed by atoms with Gasteiger partial charge in [0.05, 0.1) is 11.0 Å². The van der Waals surface area contributed by atoms with Gasteiger partial charge >= 0.3 is 0 Å². The molecule has 1 heterocycles. The van der Waals surface area contributed by atoms with Crippen molar-refractivity contribution in [2.75, 3.05) is 18.5 Å². The number of hydrogen-bond acceptors (Lipinski definition) is 5. The molecule has 0 aliphatic carbocycles. The molecule has 2 rings (SSSR count). The molecule has 19 heavy (non-hydrogen) atoms. The van der Waals surface area contributed by atoms with Crippen LogP contribution in [0.3, 0.4) is 0 Å². The van der Waals surface area contributed by atoms with E-state index in [1.54, 1.807) is 12.1 Å². The highest BCUT2D eigenvalue weighted by Crippen LogP contribution is 2.27. The maximum absolute atomic E-state index is 11.0. The Hall–Kier alpha value is -1.95. The van der Waals surface area contributed by atoms with Crippen LogP contribution in [0.2, 0.25) is 0 Å². The molecule has 6 heteroatoms. The minimum absolute atomic E-state index is 0.0730. The number of anilines is 1. The van der Waals surface area contributed by atoms with Crippen LogP contribution in [0, 0.1) is 16.0 Å². The molecule has 0 aromatic heterocycles. The van der Waals surface area contributed by atoms with Gasteiger partial charge in [-0.3, -0.25) is 14.9 Å². The lowest BCUT2D eigenvalue weighted by molar-refractivity contribution is -0.384. The van der Waals surface area contributed by atoms with E-state index in [1.807, 2.05) is 6.92 Å². The summed E-state index contributed by atoms with van der Waals surface area (Å²) in [6, 6.07) is 4.42. The van der Waals surface area contributed by atoms with E-state index in [2.05, 4.69) is 5.32 Å². The molecule has 1 saturated heterocycles. The van der Waals surface area contributed by atoms with Crippen LogP contribution in [0.25, 0.3) is 0 Å². The number of benzene rings is 1. The largest absolute Gasteiger partial charge is 0.379 e. The van der Waals surface area contributed by atoms with Crippen molar-refractivity contribution in [1.29, 1.82) is 0 Å². The summed E-state index contributed by atoms with van der Waals surface area (Å²) >= 11 is 0. The molecule has 6 nitrogen and oxygen atoms in total. The van der Waals surface area contributed by atoms with Crippen molar-refractivity contribution in [1.82, 2.24) is 0 Å². The van der Waals surface area contributed by atoms with Gasteiger partial charge in [-0.2, -0.15) is 0 Å². The molecule has 0 amide bonds. The van der Waals surface area contributed by atoms with Crippen molar-refractivity contribution >= 4 is 17.7 Å². The second-order valence-electron chi connectivity index (χ2n) is 4.66. The highest BCUT2D eigenvalue weighted by Gasteiger charge is 2.24. The Morgan fingerprint density at radius 3 is 2.95 bits per heavy atom. The number of nitrogens with one attached hydrogen (secondary N) is 1. The molecule has 102 valence electrons. The van der Waals surface area contributed by atoms with Gasteiger partial charge in [0, 0.05) is 30.7 Å². The van der Waals surface area contributed by atoms with Crippen LogP contribution in [0.15, 0.2) is 18.2 Å². The van der Waals surface area contributed by atoms with Crippen LogP contribution in [0.1, 0.15) is 23.7 Å². The Morgan fingerprint density at radius 2 is 2.37 bits per heavy atom. The van der Waals surface area contributed by atoms with Gasteiger partial charge in [0.25, 0.3) is 5.69 Å². The van der Waals surface area contributed by atoms with Crippen molar-refractivity contribution in [3.63, 3.8) is 0 Å². The Bertz CT molecular complexity index is 490. The number of nitrogens with zero attached hydrogens (tertiary/aromatic N) is 1. The van der Waals surface area contributed by atoms with Gasteiger partial charge in [0.2, 0.25) is 0 Å². The molecule has 1 aromatic rings. The Kier molecular flexibility index (Phi) is 4.11. The van der Waals surface area contributed by atoms with Crippen molar-refractivity contribution in [3.05, 3.63) is 33.9 Å². The smallest absolute Gasteiger partial charge is 0.293 e. The number of carbonyl (C=O) groups is 1. The number of nitro benzene ring substituents is 1. The lowest BCUT2D eigenvalue weighted by Crippen LogP contribution is -2.21. The number of hydrogen-bond donors (Lipinski definition) is 1. The molecule has 2 unspecified atom stereocenters. The van der Waals surface area contributed by atoms with Crippen molar-refractivity contribution < 1.29 is 14.5 Å². The number of rotatable bonds is 5. The fourth-order valence-corrected chi connectivity index (χ4v) is 2.21. The molecule has 1 aliphatic rings. The van der Waals surface area contributed by atoms with Crippen LogP contribution in [-0.4, -0.2) is 30.5 Å². The first-order chi connectivity index (χ1) is 9.11. The summed E-state index contributed by atoms with van der Waals surface area (Å²) in [6.07, 6.45) is 1.72. The molecule has 0 spiro atoms. The number of nitro groups is 1. The number of ether oxygens (including phenoxy) is 1. The summed E-state index contributed by atoms with van der Waals surface area (Å²) in [6.45, 7) is 3.37. The first-order valence-electron chi connectivity index (χ1n) is 6.21. The van der Waals surface area contributed by atoms with Gasteiger partial charge in [0.15, 0.2) is 0 Å². The lowest BCUT2D eigenvalue weighted by atomic mass is 10.0. The summed E-state index contributed by atoms with van der Waals surface area (Å²) in [7, 11) is 0. The predicted octanol–water partition coefficient (Wildman–Crippen LogP) is 2.24.